The van der Waals surface area contributed by atoms with Crippen molar-refractivity contribution >= 4 is 0 Å². The summed E-state index contributed by atoms with van der Waals surface area (Å²) in [4.78, 5) is 0. The zero-order valence-corrected chi connectivity index (χ0v) is 10.3. The molecule has 1 N–H and O–H groups in total. The first-order valence-corrected chi connectivity index (χ1v) is 5.83. The Kier molecular flexibility index (Phi) is 3.77. The average molecular weight is 251 g/mol. The lowest BCUT2D eigenvalue weighted by atomic mass is 10.0. The average Bonchev–Trinajstić information content (AvgIpc) is 2.74. The lowest BCUT2D eigenvalue weighted by Gasteiger charge is -2.09. The van der Waals surface area contributed by atoms with E-state index in [0.29, 0.717) is 17.9 Å². The van der Waals surface area contributed by atoms with E-state index in [1.807, 2.05) is 13.8 Å². The Morgan fingerprint density at radius 3 is 2.44 bits per heavy atom. The van der Waals surface area contributed by atoms with Crippen LogP contribution in [0.3, 0.4) is 0 Å². The first-order valence-electron chi connectivity index (χ1n) is 5.83. The fourth-order valence-corrected chi connectivity index (χ4v) is 1.75. The Hall–Kier alpha value is -1.68. The monoisotopic (exact) mass is 251 g/mol. The normalized spacial score (nSPS) is 11.2. The molecule has 1 aromatic carbocycles. The Morgan fingerprint density at radius 2 is 1.83 bits per heavy atom. The van der Waals surface area contributed by atoms with Gasteiger partial charge in [-0.05, 0) is 18.2 Å². The minimum absolute atomic E-state index is 0.0354. The van der Waals surface area contributed by atoms with Gasteiger partial charge in [-0.1, -0.05) is 19.9 Å². The molecule has 96 valence electrons. The Balaban J connectivity index is 2.36. The van der Waals surface area contributed by atoms with Gasteiger partial charge in [-0.3, -0.25) is 0 Å². The van der Waals surface area contributed by atoms with Crippen LogP contribution in [-0.2, 0) is 6.54 Å². The highest BCUT2D eigenvalue weighted by Crippen LogP contribution is 2.29. The van der Waals surface area contributed by atoms with Crippen LogP contribution in [0.5, 0.6) is 0 Å². The molecule has 0 aliphatic rings. The molecular formula is C14H15F2NO. The highest BCUT2D eigenvalue weighted by Gasteiger charge is 2.16. The van der Waals surface area contributed by atoms with Crippen molar-refractivity contribution in [2.24, 2.45) is 0 Å². The Morgan fingerprint density at radius 1 is 1.17 bits per heavy atom. The van der Waals surface area contributed by atoms with E-state index < -0.39 is 11.6 Å². The summed E-state index contributed by atoms with van der Waals surface area (Å²) in [5, 5.41) is 3.16. The van der Waals surface area contributed by atoms with E-state index in [0.717, 1.165) is 0 Å². The number of hydrogen-bond acceptors (Lipinski definition) is 2. The summed E-state index contributed by atoms with van der Waals surface area (Å²) in [6.45, 7) is 4.42. The highest BCUT2D eigenvalue weighted by molar-refractivity contribution is 5.66. The van der Waals surface area contributed by atoms with Crippen LogP contribution in [-0.4, -0.2) is 6.04 Å². The Labute approximate surface area is 105 Å². The second-order valence-corrected chi connectivity index (χ2v) is 4.39. The molecule has 2 rings (SSSR count). The number of rotatable bonds is 4. The summed E-state index contributed by atoms with van der Waals surface area (Å²) < 4.78 is 32.7. The van der Waals surface area contributed by atoms with Crippen molar-refractivity contribution in [1.82, 2.24) is 5.32 Å². The molecule has 0 aliphatic heterocycles. The first-order chi connectivity index (χ1) is 8.59. The molecule has 4 heteroatoms. The quantitative estimate of drug-likeness (QED) is 0.895. The molecule has 0 amide bonds. The zero-order valence-electron chi connectivity index (χ0n) is 10.3. The van der Waals surface area contributed by atoms with Crippen LogP contribution in [0.25, 0.3) is 11.1 Å². The van der Waals surface area contributed by atoms with Crippen LogP contribution in [0.15, 0.2) is 34.9 Å². The molecule has 1 heterocycles. The summed E-state index contributed by atoms with van der Waals surface area (Å²) >= 11 is 0. The molecule has 1 aromatic heterocycles. The van der Waals surface area contributed by atoms with Crippen molar-refractivity contribution in [2.75, 3.05) is 0 Å². The number of nitrogens with one attached hydrogen (secondary N) is 1. The molecular weight excluding hydrogens is 236 g/mol. The summed E-state index contributed by atoms with van der Waals surface area (Å²) in [5.74, 6) is -0.628. The molecule has 0 aliphatic carbocycles. The second kappa shape index (κ2) is 5.31. The van der Waals surface area contributed by atoms with E-state index in [9.17, 15) is 8.78 Å². The zero-order chi connectivity index (χ0) is 13.1. The molecule has 0 radical (unpaired) electrons. The minimum atomic E-state index is -0.581. The van der Waals surface area contributed by atoms with Crippen LogP contribution in [0.1, 0.15) is 19.6 Å². The van der Waals surface area contributed by atoms with Crippen molar-refractivity contribution in [3.8, 4) is 11.1 Å². The van der Waals surface area contributed by atoms with E-state index in [2.05, 4.69) is 5.32 Å². The third-order valence-electron chi connectivity index (χ3n) is 2.65. The molecule has 0 atom stereocenters. The van der Waals surface area contributed by atoms with Gasteiger partial charge in [-0.25, -0.2) is 8.78 Å². The van der Waals surface area contributed by atoms with Gasteiger partial charge in [0.25, 0.3) is 0 Å². The van der Waals surface area contributed by atoms with Gasteiger partial charge in [0.05, 0.1) is 18.4 Å². The molecule has 2 aromatic rings. The molecule has 0 fully saturated rings. The maximum atomic E-state index is 13.7. The lowest BCUT2D eigenvalue weighted by Crippen LogP contribution is -2.21. The van der Waals surface area contributed by atoms with E-state index in [1.54, 1.807) is 6.07 Å². The molecule has 0 unspecified atom stereocenters. The summed E-state index contributed by atoms with van der Waals surface area (Å²) in [6.07, 6.45) is 1.44. The molecule has 0 saturated heterocycles. The second-order valence-electron chi connectivity index (χ2n) is 4.39. The van der Waals surface area contributed by atoms with Gasteiger partial charge in [-0.2, -0.15) is 0 Å². The largest absolute Gasteiger partial charge is 0.467 e. The Bertz CT molecular complexity index is 514. The third kappa shape index (κ3) is 2.59. The molecule has 18 heavy (non-hydrogen) atoms. The van der Waals surface area contributed by atoms with Gasteiger partial charge < -0.3 is 9.73 Å². The van der Waals surface area contributed by atoms with Crippen LogP contribution in [0.2, 0.25) is 0 Å². The van der Waals surface area contributed by atoms with Crippen LogP contribution < -0.4 is 5.32 Å². The van der Waals surface area contributed by atoms with Gasteiger partial charge in [-0.15, -0.1) is 0 Å². The number of furan rings is 1. The minimum Gasteiger partial charge on any atom is -0.467 e. The van der Waals surface area contributed by atoms with E-state index in [1.165, 1.54) is 24.5 Å². The fraction of sp³-hybridized carbons (Fsp3) is 0.286. The van der Waals surface area contributed by atoms with Gasteiger partial charge in [0, 0.05) is 11.6 Å². The maximum absolute atomic E-state index is 13.7. The number of halogens is 2. The topological polar surface area (TPSA) is 25.2 Å². The fourth-order valence-electron chi connectivity index (χ4n) is 1.75. The summed E-state index contributed by atoms with van der Waals surface area (Å²) in [6, 6.07) is 5.68. The van der Waals surface area contributed by atoms with Gasteiger partial charge in [0.1, 0.15) is 17.4 Å². The van der Waals surface area contributed by atoms with E-state index in [-0.39, 0.29) is 11.6 Å². The number of hydrogen-bond donors (Lipinski definition) is 1. The van der Waals surface area contributed by atoms with Gasteiger partial charge >= 0.3 is 0 Å². The standard InChI is InChI=1S/C14H15F2NO/c1-9(2)17-8-13-10(6-7-18-13)14-11(15)4-3-5-12(14)16/h3-7,9,17H,8H2,1-2H3. The molecule has 0 saturated carbocycles. The predicted molar refractivity (Wildman–Crippen MR) is 66.0 cm³/mol. The SMILES string of the molecule is CC(C)NCc1occc1-c1c(F)cccc1F. The first kappa shape index (κ1) is 12.8. The van der Waals surface area contributed by atoms with Crippen LogP contribution in [0, 0.1) is 11.6 Å². The van der Waals surface area contributed by atoms with Crippen molar-refractivity contribution in [3.05, 3.63) is 47.9 Å². The smallest absolute Gasteiger partial charge is 0.134 e. The highest BCUT2D eigenvalue weighted by atomic mass is 19.1. The third-order valence-corrected chi connectivity index (χ3v) is 2.65. The van der Waals surface area contributed by atoms with Crippen LogP contribution in [0.4, 0.5) is 8.78 Å². The van der Waals surface area contributed by atoms with E-state index >= 15 is 0 Å². The van der Waals surface area contributed by atoms with Crippen molar-refractivity contribution in [2.45, 2.75) is 26.4 Å². The molecule has 0 spiro atoms. The molecule has 2 nitrogen and oxygen atoms in total. The lowest BCUT2D eigenvalue weighted by molar-refractivity contribution is 0.465. The maximum Gasteiger partial charge on any atom is 0.134 e. The van der Waals surface area contributed by atoms with Gasteiger partial charge in [0.2, 0.25) is 0 Å². The molecule has 0 bridgehead atoms. The predicted octanol–water partition coefficient (Wildman–Crippen LogP) is 3.72. The number of benzene rings is 1. The van der Waals surface area contributed by atoms with Gasteiger partial charge in [0.15, 0.2) is 0 Å². The van der Waals surface area contributed by atoms with Crippen LogP contribution >= 0.6 is 0 Å². The van der Waals surface area contributed by atoms with E-state index in [4.69, 9.17) is 4.42 Å². The van der Waals surface area contributed by atoms with Crippen molar-refractivity contribution < 1.29 is 13.2 Å². The summed E-state index contributed by atoms with van der Waals surface area (Å²) in [5.41, 5.74) is 0.422. The van der Waals surface area contributed by atoms with Crippen molar-refractivity contribution in [3.63, 3.8) is 0 Å². The van der Waals surface area contributed by atoms with Crippen molar-refractivity contribution in [1.29, 1.82) is 0 Å². The summed E-state index contributed by atoms with van der Waals surface area (Å²) in [7, 11) is 0.